The van der Waals surface area contributed by atoms with E-state index in [4.69, 9.17) is 4.74 Å². The van der Waals surface area contributed by atoms with E-state index < -0.39 is 16.1 Å². The smallest absolute Gasteiger partial charge is 0.263 e. The van der Waals surface area contributed by atoms with Crippen molar-refractivity contribution in [2.45, 2.75) is 76.5 Å². The highest BCUT2D eigenvalue weighted by Crippen LogP contribution is 2.35. The fraction of sp³-hybridized carbons (Fsp3) is 0.394. The van der Waals surface area contributed by atoms with Crippen LogP contribution in [0.25, 0.3) is 0 Å². The van der Waals surface area contributed by atoms with Gasteiger partial charge in [0.2, 0.25) is 15.9 Å². The molecule has 0 saturated heterocycles. The number of rotatable bonds is 8. The van der Waals surface area contributed by atoms with Crippen LogP contribution in [0.3, 0.4) is 0 Å². The summed E-state index contributed by atoms with van der Waals surface area (Å²) in [6, 6.07) is 20.1. The predicted molar refractivity (Wildman–Crippen MR) is 163 cm³/mol. The molecule has 2 amide bonds. The van der Waals surface area contributed by atoms with Crippen molar-refractivity contribution in [2.24, 2.45) is 0 Å². The lowest BCUT2D eigenvalue weighted by atomic mass is 9.95. The fourth-order valence-corrected chi connectivity index (χ4v) is 8.24. The number of nitrogens with zero attached hydrogens (tertiary/aromatic N) is 2. The Morgan fingerprint density at radius 2 is 1.57 bits per heavy atom. The van der Waals surface area contributed by atoms with Gasteiger partial charge in [0, 0.05) is 12.6 Å². The summed E-state index contributed by atoms with van der Waals surface area (Å²) in [5.74, 6) is -0.314. The molecule has 1 aliphatic heterocycles. The number of ether oxygens (including phenoxy) is 1. The second kappa shape index (κ2) is 12.7. The zero-order valence-electron chi connectivity index (χ0n) is 24.5. The van der Waals surface area contributed by atoms with Gasteiger partial charge in [0.25, 0.3) is 5.91 Å². The molecule has 1 heterocycles. The first-order valence-corrected chi connectivity index (χ1v) is 16.1. The van der Waals surface area contributed by atoms with Gasteiger partial charge >= 0.3 is 0 Å². The molecule has 0 bridgehead atoms. The number of nitrogens with one attached hydrogen (secondary N) is 1. The summed E-state index contributed by atoms with van der Waals surface area (Å²) in [6.45, 7) is 5.57. The van der Waals surface area contributed by atoms with E-state index in [0.717, 1.165) is 30.4 Å². The highest BCUT2D eigenvalue weighted by atomic mass is 32.2. The van der Waals surface area contributed by atoms with Crippen molar-refractivity contribution in [1.29, 1.82) is 0 Å². The minimum absolute atomic E-state index is 0.0163. The van der Waals surface area contributed by atoms with Gasteiger partial charge in [0.1, 0.15) is 5.75 Å². The Morgan fingerprint density at radius 1 is 0.929 bits per heavy atom. The van der Waals surface area contributed by atoms with Gasteiger partial charge in [-0.2, -0.15) is 4.31 Å². The summed E-state index contributed by atoms with van der Waals surface area (Å²) in [6.07, 6.45) is 3.37. The van der Waals surface area contributed by atoms with Gasteiger partial charge in [-0.05, 0) is 62.4 Å². The molecule has 0 unspecified atom stereocenters. The van der Waals surface area contributed by atoms with Crippen molar-refractivity contribution in [3.63, 3.8) is 0 Å². The third-order valence-corrected chi connectivity index (χ3v) is 10.3. The number of hydrogen-bond donors (Lipinski definition) is 1. The summed E-state index contributed by atoms with van der Waals surface area (Å²) in [5, 5.41) is 2.91. The SMILES string of the molecule is Cc1cc(C)c(S(=O)(=O)N(CC(=O)N2C[C@@H](C(=O)NCc3ccccc3)Oc3ccccc32)C2CCCCC2)c(C)c1. The van der Waals surface area contributed by atoms with Crippen molar-refractivity contribution in [1.82, 2.24) is 9.62 Å². The van der Waals surface area contributed by atoms with Gasteiger partial charge in [-0.1, -0.05) is 79.4 Å². The quantitative estimate of drug-likeness (QED) is 0.397. The van der Waals surface area contributed by atoms with E-state index in [-0.39, 0.29) is 35.8 Å². The number of sulfonamides is 1. The third-order valence-electron chi connectivity index (χ3n) is 8.12. The largest absolute Gasteiger partial charge is 0.477 e. The van der Waals surface area contributed by atoms with Crippen LogP contribution in [-0.2, 0) is 26.2 Å². The van der Waals surface area contributed by atoms with E-state index in [9.17, 15) is 18.0 Å². The summed E-state index contributed by atoms with van der Waals surface area (Å²) < 4.78 is 36.1. The maximum atomic E-state index is 14.3. The third kappa shape index (κ3) is 6.37. The molecule has 0 spiro atoms. The van der Waals surface area contributed by atoms with Crippen LogP contribution >= 0.6 is 0 Å². The molecule has 1 saturated carbocycles. The Bertz CT molecular complexity index is 1530. The average Bonchev–Trinajstić information content (AvgIpc) is 2.98. The molecule has 1 aliphatic carbocycles. The van der Waals surface area contributed by atoms with E-state index >= 15 is 0 Å². The van der Waals surface area contributed by atoms with Crippen molar-refractivity contribution in [2.75, 3.05) is 18.0 Å². The average molecular weight is 590 g/mol. The van der Waals surface area contributed by atoms with Gasteiger partial charge in [-0.25, -0.2) is 8.42 Å². The molecule has 0 aromatic heterocycles. The first kappa shape index (κ1) is 29.8. The highest BCUT2D eigenvalue weighted by Gasteiger charge is 2.39. The number of carbonyl (C=O) groups is 2. The number of hydrogen-bond acceptors (Lipinski definition) is 5. The Balaban J connectivity index is 1.43. The summed E-state index contributed by atoms with van der Waals surface area (Å²) >= 11 is 0. The normalized spacial score (nSPS) is 17.4. The Morgan fingerprint density at radius 3 is 2.26 bits per heavy atom. The Labute approximate surface area is 248 Å². The number of carbonyl (C=O) groups excluding carboxylic acids is 2. The van der Waals surface area contributed by atoms with E-state index in [1.165, 1.54) is 9.21 Å². The van der Waals surface area contributed by atoms with Crippen LogP contribution < -0.4 is 15.0 Å². The van der Waals surface area contributed by atoms with Crippen molar-refractivity contribution in [3.05, 3.63) is 89.0 Å². The van der Waals surface area contributed by atoms with Gasteiger partial charge in [0.15, 0.2) is 6.10 Å². The van der Waals surface area contributed by atoms with Gasteiger partial charge in [-0.15, -0.1) is 0 Å². The monoisotopic (exact) mass is 589 g/mol. The van der Waals surface area contributed by atoms with Crippen LogP contribution in [0.2, 0.25) is 0 Å². The topological polar surface area (TPSA) is 96.0 Å². The van der Waals surface area contributed by atoms with E-state index in [0.29, 0.717) is 42.0 Å². The molecule has 222 valence electrons. The standard InChI is InChI=1S/C33H39N3O5S/c1-23-18-24(2)32(25(3)19-23)42(39,40)36(27-14-8-5-9-15-27)22-31(37)35-21-30(41-29-17-11-10-16-28(29)35)33(38)34-20-26-12-6-4-7-13-26/h4,6-7,10-13,16-19,27,30H,5,8-9,14-15,20-22H2,1-3H3,(H,34,38)/t30-/m0/s1. The Kier molecular flexibility index (Phi) is 8.99. The van der Waals surface area contributed by atoms with Crippen molar-refractivity contribution in [3.8, 4) is 5.75 Å². The molecule has 8 nitrogen and oxygen atoms in total. The Hall–Kier alpha value is -3.69. The molecule has 3 aromatic rings. The van der Waals surface area contributed by atoms with Gasteiger partial charge < -0.3 is 15.0 Å². The van der Waals surface area contributed by atoms with Crippen LogP contribution in [0.1, 0.15) is 54.4 Å². The molecular weight excluding hydrogens is 550 g/mol. The van der Waals surface area contributed by atoms with E-state index in [2.05, 4.69) is 5.32 Å². The van der Waals surface area contributed by atoms with Crippen LogP contribution in [0, 0.1) is 20.8 Å². The van der Waals surface area contributed by atoms with Gasteiger partial charge in [-0.3, -0.25) is 9.59 Å². The molecule has 1 fully saturated rings. The fourth-order valence-electron chi connectivity index (χ4n) is 6.19. The molecular formula is C33H39N3O5S. The minimum Gasteiger partial charge on any atom is -0.477 e. The second-order valence-electron chi connectivity index (χ2n) is 11.4. The van der Waals surface area contributed by atoms with Crippen LogP contribution in [0.4, 0.5) is 5.69 Å². The van der Waals surface area contributed by atoms with Crippen LogP contribution in [0.5, 0.6) is 5.75 Å². The van der Waals surface area contributed by atoms with Gasteiger partial charge in [0.05, 0.1) is 23.7 Å². The lowest BCUT2D eigenvalue weighted by Crippen LogP contribution is -2.54. The van der Waals surface area contributed by atoms with Crippen LogP contribution in [-0.4, -0.2) is 49.8 Å². The first-order valence-electron chi connectivity index (χ1n) is 14.6. The molecule has 3 aromatic carbocycles. The summed E-state index contributed by atoms with van der Waals surface area (Å²) in [7, 11) is -3.98. The molecule has 1 atom stereocenters. The summed E-state index contributed by atoms with van der Waals surface area (Å²) in [5.41, 5.74) is 3.81. The lowest BCUT2D eigenvalue weighted by Gasteiger charge is -2.37. The lowest BCUT2D eigenvalue weighted by molar-refractivity contribution is -0.128. The molecule has 5 rings (SSSR count). The number of para-hydroxylation sites is 2. The zero-order chi connectivity index (χ0) is 29.9. The number of amides is 2. The first-order chi connectivity index (χ1) is 20.1. The maximum Gasteiger partial charge on any atom is 0.263 e. The maximum absolute atomic E-state index is 14.3. The molecule has 2 aliphatic rings. The molecule has 42 heavy (non-hydrogen) atoms. The molecule has 0 radical (unpaired) electrons. The van der Waals surface area contributed by atoms with Crippen molar-refractivity contribution >= 4 is 27.5 Å². The van der Waals surface area contributed by atoms with Crippen molar-refractivity contribution < 1.29 is 22.7 Å². The number of fused-ring (bicyclic) bond motifs is 1. The highest BCUT2D eigenvalue weighted by molar-refractivity contribution is 7.89. The minimum atomic E-state index is -3.98. The molecule has 1 N–H and O–H groups in total. The van der Waals surface area contributed by atoms with E-state index in [1.54, 1.807) is 24.3 Å². The van der Waals surface area contributed by atoms with E-state index in [1.807, 2.05) is 63.2 Å². The zero-order valence-corrected chi connectivity index (χ0v) is 25.3. The summed E-state index contributed by atoms with van der Waals surface area (Å²) in [4.78, 5) is 29.1. The number of aryl methyl sites for hydroxylation is 3. The second-order valence-corrected chi connectivity index (χ2v) is 13.2. The van der Waals surface area contributed by atoms with Crippen LogP contribution in [0.15, 0.2) is 71.6 Å². The predicted octanol–water partition coefficient (Wildman–Crippen LogP) is 5.05. The number of anilines is 1. The molecule has 9 heteroatoms. The number of benzene rings is 3.